The van der Waals surface area contributed by atoms with Gasteiger partial charge >= 0.3 is 6.09 Å². The highest BCUT2D eigenvalue weighted by molar-refractivity contribution is 9.10. The number of nitrogen functional groups attached to an aromatic ring is 1. The molecule has 0 radical (unpaired) electrons. The number of hydrogen-bond acceptors (Lipinski definition) is 6. The van der Waals surface area contributed by atoms with Gasteiger partial charge < -0.3 is 15.2 Å². The summed E-state index contributed by atoms with van der Waals surface area (Å²) in [4.78, 5) is 22.3. The first kappa shape index (κ1) is 18.7. The van der Waals surface area contributed by atoms with Crippen molar-refractivity contribution in [2.24, 2.45) is 0 Å². The molecular weight excluding hydrogens is 424 g/mol. The zero-order chi connectivity index (χ0) is 18.8. The van der Waals surface area contributed by atoms with Crippen molar-refractivity contribution in [1.29, 1.82) is 0 Å². The lowest BCUT2D eigenvalue weighted by Crippen LogP contribution is -2.26. The third-order valence-corrected chi connectivity index (χ3v) is 4.83. The van der Waals surface area contributed by atoms with Crippen LogP contribution in [0, 0.1) is 0 Å². The van der Waals surface area contributed by atoms with E-state index in [-0.39, 0.29) is 5.95 Å². The molecule has 2 aromatic rings. The molecule has 1 aromatic carbocycles. The van der Waals surface area contributed by atoms with E-state index in [1.165, 1.54) is 0 Å². The molecule has 9 heteroatoms. The molecule has 0 saturated heterocycles. The monoisotopic (exact) mass is 440 g/mol. The molecule has 3 rings (SSSR count). The number of benzene rings is 1. The van der Waals surface area contributed by atoms with Crippen LogP contribution in [0.1, 0.15) is 25.1 Å². The Bertz CT molecular complexity index is 862. The fourth-order valence-corrected chi connectivity index (χ4v) is 3.66. The van der Waals surface area contributed by atoms with Crippen LogP contribution in [-0.4, -0.2) is 34.2 Å². The lowest BCUT2D eigenvalue weighted by Gasteiger charge is -2.15. The molecule has 0 saturated carbocycles. The lowest BCUT2D eigenvalue weighted by molar-refractivity contribution is 0.106. The fraction of sp³-hybridized carbons (Fsp3) is 0.353. The molecule has 0 bridgehead atoms. The molecule has 7 nitrogen and oxygen atoms in total. The number of nitrogens with zero attached hydrogens (tertiary/aromatic N) is 3. The van der Waals surface area contributed by atoms with E-state index in [2.05, 4.69) is 25.9 Å². The Balaban J connectivity index is 2.06. The van der Waals surface area contributed by atoms with Crippen molar-refractivity contribution in [3.05, 3.63) is 32.9 Å². The number of amides is 1. The molecule has 0 atom stereocenters. The number of anilines is 1. The normalized spacial score (nSPS) is 12.8. The van der Waals surface area contributed by atoms with Crippen LogP contribution < -0.4 is 10.5 Å². The maximum atomic E-state index is 12.1. The van der Waals surface area contributed by atoms with Crippen LogP contribution >= 0.6 is 27.5 Å². The Hall–Kier alpha value is -2.06. The average Bonchev–Trinajstić information content (AvgIpc) is 3.01. The molecule has 2 N–H and O–H groups in total. The van der Waals surface area contributed by atoms with Crippen LogP contribution in [0.2, 0.25) is 5.02 Å². The molecule has 1 amide bonds. The maximum Gasteiger partial charge on any atom is 0.410 e. The van der Waals surface area contributed by atoms with E-state index in [4.69, 9.17) is 26.8 Å². The van der Waals surface area contributed by atoms with E-state index in [0.29, 0.717) is 54.0 Å². The predicted octanol–water partition coefficient (Wildman–Crippen LogP) is 4.01. The smallest absolute Gasteiger partial charge is 0.410 e. The number of fused-ring (bicyclic) bond motifs is 1. The number of hydrogen-bond donors (Lipinski definition) is 1. The van der Waals surface area contributed by atoms with Crippen LogP contribution in [0.15, 0.2) is 16.6 Å². The summed E-state index contributed by atoms with van der Waals surface area (Å²) in [6.45, 7) is 5.14. The van der Waals surface area contributed by atoms with Crippen LogP contribution in [0.3, 0.4) is 0 Å². The van der Waals surface area contributed by atoms with Gasteiger partial charge in [-0.05, 0) is 41.9 Å². The van der Waals surface area contributed by atoms with Gasteiger partial charge in [-0.2, -0.15) is 0 Å². The largest absolute Gasteiger partial charge is 0.493 e. The fourth-order valence-electron chi connectivity index (χ4n) is 2.82. The van der Waals surface area contributed by atoms with Crippen LogP contribution in [0.4, 0.5) is 10.7 Å². The second kappa shape index (κ2) is 7.67. The third-order valence-electron chi connectivity index (χ3n) is 3.90. The first-order valence-electron chi connectivity index (χ1n) is 8.13. The second-order valence-corrected chi connectivity index (χ2v) is 6.87. The standard InChI is InChI=1S/C17H18BrClN4O3/c1-3-25-14-5-9(12(19)6-11(14)18)15-10-7-23(17(24)26-4-2)8-13(10)21-16(20)22-15/h5-6H,3-4,7-8H2,1-2H3,(H2,20,21,22). The highest BCUT2D eigenvalue weighted by atomic mass is 79.9. The van der Waals surface area contributed by atoms with Crippen molar-refractivity contribution in [2.75, 3.05) is 18.9 Å². The Kier molecular flexibility index (Phi) is 5.52. The third kappa shape index (κ3) is 3.57. The van der Waals surface area contributed by atoms with Gasteiger partial charge in [-0.1, -0.05) is 11.6 Å². The van der Waals surface area contributed by atoms with Crippen molar-refractivity contribution in [2.45, 2.75) is 26.9 Å². The van der Waals surface area contributed by atoms with E-state index in [1.807, 2.05) is 13.0 Å². The highest BCUT2D eigenvalue weighted by Gasteiger charge is 2.30. The highest BCUT2D eigenvalue weighted by Crippen LogP contribution is 2.40. The summed E-state index contributed by atoms with van der Waals surface area (Å²) in [5.41, 5.74) is 8.65. The minimum Gasteiger partial charge on any atom is -0.493 e. The van der Waals surface area contributed by atoms with Gasteiger partial charge in [0.2, 0.25) is 5.95 Å². The number of halogens is 2. The van der Waals surface area contributed by atoms with Crippen molar-refractivity contribution in [3.8, 4) is 17.0 Å². The molecule has 0 fully saturated rings. The summed E-state index contributed by atoms with van der Waals surface area (Å²) in [5, 5.41) is 0.496. The van der Waals surface area contributed by atoms with Gasteiger partial charge in [-0.3, -0.25) is 4.90 Å². The number of carbonyl (C=O) groups is 1. The summed E-state index contributed by atoms with van der Waals surface area (Å²) in [6, 6.07) is 3.57. The lowest BCUT2D eigenvalue weighted by atomic mass is 10.1. The predicted molar refractivity (Wildman–Crippen MR) is 102 cm³/mol. The van der Waals surface area contributed by atoms with E-state index >= 15 is 0 Å². The van der Waals surface area contributed by atoms with Gasteiger partial charge in [-0.25, -0.2) is 14.8 Å². The second-order valence-electron chi connectivity index (χ2n) is 5.61. The Labute approximate surface area is 164 Å². The molecule has 0 spiro atoms. The Morgan fingerprint density at radius 3 is 2.77 bits per heavy atom. The van der Waals surface area contributed by atoms with E-state index < -0.39 is 6.09 Å². The summed E-state index contributed by atoms with van der Waals surface area (Å²) >= 11 is 9.89. The van der Waals surface area contributed by atoms with Gasteiger partial charge in [0.25, 0.3) is 0 Å². The molecule has 0 unspecified atom stereocenters. The molecular formula is C17H18BrClN4O3. The quantitative estimate of drug-likeness (QED) is 0.771. The summed E-state index contributed by atoms with van der Waals surface area (Å²) in [6.07, 6.45) is -0.396. The number of nitrogens with two attached hydrogens (primary N) is 1. The number of rotatable bonds is 4. The zero-order valence-electron chi connectivity index (χ0n) is 14.4. The first-order valence-corrected chi connectivity index (χ1v) is 9.30. The van der Waals surface area contributed by atoms with Gasteiger partial charge in [0.05, 0.1) is 47.2 Å². The molecule has 0 aliphatic carbocycles. The summed E-state index contributed by atoms with van der Waals surface area (Å²) < 4.78 is 11.5. The first-order chi connectivity index (χ1) is 12.4. The zero-order valence-corrected chi connectivity index (χ0v) is 16.7. The topological polar surface area (TPSA) is 90.6 Å². The van der Waals surface area contributed by atoms with Crippen LogP contribution in [0.25, 0.3) is 11.3 Å². The Morgan fingerprint density at radius 1 is 1.31 bits per heavy atom. The number of carbonyl (C=O) groups excluding carboxylic acids is 1. The molecule has 1 aliphatic rings. The molecule has 1 aromatic heterocycles. The minimum atomic E-state index is -0.396. The molecule has 26 heavy (non-hydrogen) atoms. The minimum absolute atomic E-state index is 0.126. The molecule has 2 heterocycles. The van der Waals surface area contributed by atoms with Gasteiger partial charge in [0.1, 0.15) is 5.75 Å². The summed E-state index contributed by atoms with van der Waals surface area (Å²) in [5.74, 6) is 0.777. The van der Waals surface area contributed by atoms with E-state index in [0.717, 1.165) is 10.0 Å². The van der Waals surface area contributed by atoms with Gasteiger partial charge in [-0.15, -0.1) is 0 Å². The van der Waals surface area contributed by atoms with E-state index in [1.54, 1.807) is 17.9 Å². The van der Waals surface area contributed by atoms with Crippen LogP contribution in [0.5, 0.6) is 5.75 Å². The van der Waals surface area contributed by atoms with Crippen molar-refractivity contribution >= 4 is 39.6 Å². The molecule has 138 valence electrons. The average molecular weight is 442 g/mol. The number of ether oxygens (including phenoxy) is 2. The SMILES string of the molecule is CCOC(=O)N1Cc2nc(N)nc(-c3cc(OCC)c(Br)cc3Cl)c2C1. The Morgan fingerprint density at radius 2 is 2.08 bits per heavy atom. The van der Waals surface area contributed by atoms with Crippen molar-refractivity contribution in [1.82, 2.24) is 14.9 Å². The maximum absolute atomic E-state index is 12.1. The van der Waals surface area contributed by atoms with Crippen molar-refractivity contribution in [3.63, 3.8) is 0 Å². The van der Waals surface area contributed by atoms with Crippen LogP contribution in [-0.2, 0) is 17.8 Å². The van der Waals surface area contributed by atoms with E-state index in [9.17, 15) is 4.79 Å². The van der Waals surface area contributed by atoms with Gasteiger partial charge in [0.15, 0.2) is 0 Å². The van der Waals surface area contributed by atoms with Crippen molar-refractivity contribution < 1.29 is 14.3 Å². The summed E-state index contributed by atoms with van der Waals surface area (Å²) in [7, 11) is 0. The number of aromatic nitrogens is 2. The molecule has 1 aliphatic heterocycles. The van der Waals surface area contributed by atoms with Gasteiger partial charge in [0, 0.05) is 11.1 Å².